The molecule has 0 aliphatic rings. The second kappa shape index (κ2) is 4.42. The quantitative estimate of drug-likeness (QED) is 0.831. The van der Waals surface area contributed by atoms with Crippen LogP contribution in [0.1, 0.15) is 5.56 Å². The molecule has 0 aliphatic heterocycles. The summed E-state index contributed by atoms with van der Waals surface area (Å²) >= 11 is 5.76. The molecule has 1 rings (SSSR count). The van der Waals surface area contributed by atoms with Crippen LogP contribution in [-0.4, -0.2) is 6.54 Å². The van der Waals surface area contributed by atoms with Crippen LogP contribution in [0.2, 0.25) is 0 Å². The van der Waals surface area contributed by atoms with Crippen molar-refractivity contribution >= 4 is 38.5 Å². The van der Waals surface area contributed by atoms with Crippen LogP contribution in [-0.2, 0) is 6.42 Å². The lowest BCUT2D eigenvalue weighted by Gasteiger charge is -2.00. The molecule has 0 aromatic heterocycles. The molecule has 0 saturated carbocycles. The third kappa shape index (κ3) is 2.72. The van der Waals surface area contributed by atoms with E-state index in [1.165, 1.54) is 9.13 Å². The largest absolute Gasteiger partial charge is 0.330 e. The second-order valence-electron chi connectivity index (χ2n) is 2.29. The molecule has 2 N–H and O–H groups in total. The van der Waals surface area contributed by atoms with E-state index < -0.39 is 0 Å². The first-order valence-corrected chi connectivity index (χ1v) is 5.25. The summed E-state index contributed by atoms with van der Waals surface area (Å²) in [7, 11) is 0. The number of rotatable bonds is 2. The Labute approximate surface area is 88.6 Å². The topological polar surface area (TPSA) is 26.0 Å². The van der Waals surface area contributed by atoms with Gasteiger partial charge in [-0.25, -0.2) is 0 Å². The van der Waals surface area contributed by atoms with E-state index in [9.17, 15) is 0 Å². The van der Waals surface area contributed by atoms with E-state index in [4.69, 9.17) is 5.73 Å². The Hall–Kier alpha value is 0.390. The molecule has 11 heavy (non-hydrogen) atoms. The van der Waals surface area contributed by atoms with E-state index >= 15 is 0 Å². The van der Waals surface area contributed by atoms with Crippen molar-refractivity contribution < 1.29 is 0 Å². The third-order valence-corrected chi connectivity index (χ3v) is 3.76. The standard InChI is InChI=1S/C8H9BrIN/c9-7-5-6(3-4-11)1-2-8(7)10/h1-2,5H,3-4,11H2. The molecular formula is C8H9BrIN. The number of hydrogen-bond donors (Lipinski definition) is 1. The molecule has 1 aromatic carbocycles. The molecular weight excluding hydrogens is 317 g/mol. The molecule has 0 saturated heterocycles. The molecule has 3 heteroatoms. The first-order chi connectivity index (χ1) is 5.24. The molecule has 0 fully saturated rings. The number of benzene rings is 1. The summed E-state index contributed by atoms with van der Waals surface area (Å²) in [6, 6.07) is 6.32. The van der Waals surface area contributed by atoms with Crippen LogP contribution in [0.15, 0.2) is 22.7 Å². The Balaban J connectivity index is 2.86. The van der Waals surface area contributed by atoms with E-state index in [1.54, 1.807) is 0 Å². The van der Waals surface area contributed by atoms with Crippen LogP contribution in [0.3, 0.4) is 0 Å². The van der Waals surface area contributed by atoms with Gasteiger partial charge in [0, 0.05) is 8.04 Å². The molecule has 0 amide bonds. The van der Waals surface area contributed by atoms with Crippen LogP contribution < -0.4 is 5.73 Å². The van der Waals surface area contributed by atoms with Gasteiger partial charge < -0.3 is 5.73 Å². The smallest absolute Gasteiger partial charge is 0.0311 e. The van der Waals surface area contributed by atoms with Crippen LogP contribution >= 0.6 is 38.5 Å². The van der Waals surface area contributed by atoms with Crippen LogP contribution in [0.4, 0.5) is 0 Å². The molecule has 0 unspecified atom stereocenters. The van der Waals surface area contributed by atoms with E-state index in [2.05, 4.69) is 56.7 Å². The van der Waals surface area contributed by atoms with Crippen molar-refractivity contribution in [1.29, 1.82) is 0 Å². The Morgan fingerprint density at radius 2 is 2.18 bits per heavy atom. The molecule has 0 heterocycles. The molecule has 0 bridgehead atoms. The summed E-state index contributed by atoms with van der Waals surface area (Å²) in [5.74, 6) is 0. The monoisotopic (exact) mass is 325 g/mol. The summed E-state index contributed by atoms with van der Waals surface area (Å²) < 4.78 is 2.40. The van der Waals surface area contributed by atoms with Gasteiger partial charge in [0.25, 0.3) is 0 Å². The minimum absolute atomic E-state index is 0.715. The molecule has 0 radical (unpaired) electrons. The number of hydrogen-bond acceptors (Lipinski definition) is 1. The van der Waals surface area contributed by atoms with Crippen molar-refractivity contribution in [2.45, 2.75) is 6.42 Å². The van der Waals surface area contributed by atoms with Crippen LogP contribution in [0.5, 0.6) is 0 Å². The third-order valence-electron chi connectivity index (χ3n) is 1.42. The van der Waals surface area contributed by atoms with Gasteiger partial charge in [-0.2, -0.15) is 0 Å². The van der Waals surface area contributed by atoms with Crippen LogP contribution in [0, 0.1) is 3.57 Å². The van der Waals surface area contributed by atoms with Gasteiger partial charge in [0.2, 0.25) is 0 Å². The Morgan fingerprint density at radius 3 is 2.73 bits per heavy atom. The minimum Gasteiger partial charge on any atom is -0.330 e. The molecule has 1 aromatic rings. The predicted octanol–water partition coefficient (Wildman–Crippen LogP) is 2.55. The van der Waals surface area contributed by atoms with Crippen molar-refractivity contribution in [2.75, 3.05) is 6.54 Å². The van der Waals surface area contributed by atoms with Crippen LogP contribution in [0.25, 0.3) is 0 Å². The number of halogens is 2. The number of nitrogens with two attached hydrogens (primary N) is 1. The van der Waals surface area contributed by atoms with Crippen molar-refractivity contribution in [2.24, 2.45) is 5.73 Å². The van der Waals surface area contributed by atoms with Crippen molar-refractivity contribution in [1.82, 2.24) is 0 Å². The highest BCUT2D eigenvalue weighted by molar-refractivity contribution is 14.1. The molecule has 0 spiro atoms. The fourth-order valence-electron chi connectivity index (χ4n) is 0.862. The molecule has 0 aliphatic carbocycles. The van der Waals surface area contributed by atoms with E-state index in [0.29, 0.717) is 6.54 Å². The van der Waals surface area contributed by atoms with Gasteiger partial charge in [0.05, 0.1) is 0 Å². The van der Waals surface area contributed by atoms with E-state index in [-0.39, 0.29) is 0 Å². The zero-order valence-corrected chi connectivity index (χ0v) is 9.72. The highest BCUT2D eigenvalue weighted by Gasteiger charge is 1.96. The zero-order valence-electron chi connectivity index (χ0n) is 5.98. The highest BCUT2D eigenvalue weighted by atomic mass is 127. The maximum absolute atomic E-state index is 5.43. The average Bonchev–Trinajstić information content (AvgIpc) is 1.98. The van der Waals surface area contributed by atoms with Gasteiger partial charge in [-0.3, -0.25) is 0 Å². The fraction of sp³-hybridized carbons (Fsp3) is 0.250. The second-order valence-corrected chi connectivity index (χ2v) is 4.30. The maximum atomic E-state index is 5.43. The first kappa shape index (κ1) is 9.48. The van der Waals surface area contributed by atoms with Gasteiger partial charge >= 0.3 is 0 Å². The Bertz CT molecular complexity index is 250. The summed E-state index contributed by atoms with van der Waals surface area (Å²) in [6.07, 6.45) is 0.954. The molecule has 1 nitrogen and oxygen atoms in total. The molecule has 0 atom stereocenters. The van der Waals surface area contributed by atoms with Gasteiger partial charge in [0.15, 0.2) is 0 Å². The lowest BCUT2D eigenvalue weighted by molar-refractivity contribution is 0.967. The molecule has 60 valence electrons. The average molecular weight is 326 g/mol. The zero-order chi connectivity index (χ0) is 8.27. The summed E-state index contributed by atoms with van der Waals surface area (Å²) in [5, 5.41) is 0. The summed E-state index contributed by atoms with van der Waals surface area (Å²) in [4.78, 5) is 0. The van der Waals surface area contributed by atoms with E-state index in [0.717, 1.165) is 10.9 Å². The maximum Gasteiger partial charge on any atom is 0.0311 e. The van der Waals surface area contributed by atoms with Gasteiger partial charge in [0.1, 0.15) is 0 Å². The summed E-state index contributed by atoms with van der Waals surface area (Å²) in [6.45, 7) is 0.715. The Kier molecular flexibility index (Phi) is 3.81. The first-order valence-electron chi connectivity index (χ1n) is 3.38. The fourth-order valence-corrected chi connectivity index (χ4v) is 1.62. The van der Waals surface area contributed by atoms with Gasteiger partial charge in [-0.1, -0.05) is 6.07 Å². The van der Waals surface area contributed by atoms with Crippen molar-refractivity contribution in [3.63, 3.8) is 0 Å². The summed E-state index contributed by atoms with van der Waals surface area (Å²) in [5.41, 5.74) is 6.72. The SMILES string of the molecule is NCCc1ccc(I)c(Br)c1. The van der Waals surface area contributed by atoms with Crippen molar-refractivity contribution in [3.8, 4) is 0 Å². The normalized spacial score (nSPS) is 10.1. The lowest BCUT2D eigenvalue weighted by atomic mass is 10.2. The predicted molar refractivity (Wildman–Crippen MR) is 59.6 cm³/mol. The Morgan fingerprint density at radius 1 is 1.45 bits per heavy atom. The van der Waals surface area contributed by atoms with Crippen molar-refractivity contribution in [3.05, 3.63) is 31.8 Å². The highest BCUT2D eigenvalue weighted by Crippen LogP contribution is 2.20. The van der Waals surface area contributed by atoms with Gasteiger partial charge in [-0.15, -0.1) is 0 Å². The van der Waals surface area contributed by atoms with E-state index in [1.807, 2.05) is 0 Å². The van der Waals surface area contributed by atoms with Gasteiger partial charge in [-0.05, 0) is 69.2 Å². The minimum atomic E-state index is 0.715. The lowest BCUT2D eigenvalue weighted by Crippen LogP contribution is -2.02.